The largest absolute Gasteiger partial charge is 0.481 e. The van der Waals surface area contributed by atoms with Gasteiger partial charge in [0.2, 0.25) is 0 Å². The van der Waals surface area contributed by atoms with Crippen LogP contribution in [0.1, 0.15) is 40.7 Å². The third-order valence-corrected chi connectivity index (χ3v) is 5.08. The number of carbonyl (C=O) groups is 1. The summed E-state index contributed by atoms with van der Waals surface area (Å²) in [6, 6.07) is 14.4. The van der Waals surface area contributed by atoms with Crippen molar-refractivity contribution < 1.29 is 9.90 Å². The molecule has 0 heterocycles. The van der Waals surface area contributed by atoms with Gasteiger partial charge in [0.05, 0.1) is 5.41 Å². The normalized spacial score (nSPS) is 19.9. The molecule has 1 unspecified atom stereocenters. The van der Waals surface area contributed by atoms with Gasteiger partial charge in [-0.1, -0.05) is 48.0 Å². The minimum absolute atomic E-state index is 0.670. The highest BCUT2D eigenvalue weighted by Crippen LogP contribution is 2.42. The van der Waals surface area contributed by atoms with E-state index in [0.717, 1.165) is 18.4 Å². The van der Waals surface area contributed by atoms with Crippen LogP contribution in [0.15, 0.2) is 42.5 Å². The Morgan fingerprint density at radius 2 is 1.95 bits per heavy atom. The quantitative estimate of drug-likeness (QED) is 0.917. The molecule has 0 saturated heterocycles. The van der Waals surface area contributed by atoms with E-state index in [-0.39, 0.29) is 0 Å². The van der Waals surface area contributed by atoms with Gasteiger partial charge >= 0.3 is 5.97 Å². The molecule has 1 aliphatic rings. The topological polar surface area (TPSA) is 37.3 Å². The zero-order chi connectivity index (χ0) is 15.7. The van der Waals surface area contributed by atoms with Crippen molar-refractivity contribution in [1.29, 1.82) is 0 Å². The van der Waals surface area contributed by atoms with Crippen LogP contribution in [0, 0.1) is 13.8 Å². The highest BCUT2D eigenvalue weighted by molar-refractivity contribution is 5.83. The van der Waals surface area contributed by atoms with E-state index in [0.29, 0.717) is 12.8 Å². The van der Waals surface area contributed by atoms with Gasteiger partial charge < -0.3 is 5.11 Å². The van der Waals surface area contributed by atoms with Crippen molar-refractivity contribution >= 4 is 5.97 Å². The lowest BCUT2D eigenvalue weighted by atomic mass is 9.76. The molecule has 0 bridgehead atoms. The minimum Gasteiger partial charge on any atom is -0.481 e. The van der Waals surface area contributed by atoms with E-state index in [1.807, 2.05) is 18.2 Å². The fraction of sp³-hybridized carbons (Fsp3) is 0.350. The molecule has 2 aromatic rings. The number of fused-ring (bicyclic) bond motifs is 1. The molecule has 1 atom stereocenters. The fourth-order valence-corrected chi connectivity index (χ4v) is 3.75. The maximum absolute atomic E-state index is 12.0. The SMILES string of the molecule is Cc1ccc(CCC2(C(=O)O)CCc3ccccc32)c(C)c1. The maximum atomic E-state index is 12.0. The van der Waals surface area contributed by atoms with Crippen LogP contribution in [0.2, 0.25) is 0 Å². The predicted molar refractivity (Wildman–Crippen MR) is 88.3 cm³/mol. The molecule has 1 N–H and O–H groups in total. The Morgan fingerprint density at radius 1 is 1.18 bits per heavy atom. The molecule has 0 amide bonds. The van der Waals surface area contributed by atoms with E-state index in [1.54, 1.807) is 0 Å². The molecule has 2 aromatic carbocycles. The van der Waals surface area contributed by atoms with Gasteiger partial charge in [-0.25, -0.2) is 0 Å². The molecule has 114 valence electrons. The highest BCUT2D eigenvalue weighted by atomic mass is 16.4. The molecule has 22 heavy (non-hydrogen) atoms. The molecule has 2 nitrogen and oxygen atoms in total. The van der Waals surface area contributed by atoms with Crippen molar-refractivity contribution in [3.05, 3.63) is 70.3 Å². The Morgan fingerprint density at radius 3 is 2.68 bits per heavy atom. The molecular weight excluding hydrogens is 272 g/mol. The minimum atomic E-state index is -0.714. The van der Waals surface area contributed by atoms with Crippen molar-refractivity contribution in [1.82, 2.24) is 0 Å². The molecule has 0 aliphatic heterocycles. The van der Waals surface area contributed by atoms with Crippen LogP contribution in [0.5, 0.6) is 0 Å². The first-order valence-electron chi connectivity index (χ1n) is 7.91. The number of aliphatic carboxylic acids is 1. The summed E-state index contributed by atoms with van der Waals surface area (Å²) in [6.07, 6.45) is 3.07. The summed E-state index contributed by atoms with van der Waals surface area (Å²) < 4.78 is 0. The van der Waals surface area contributed by atoms with Crippen LogP contribution < -0.4 is 0 Å². The second-order valence-electron chi connectivity index (χ2n) is 6.47. The number of hydrogen-bond acceptors (Lipinski definition) is 1. The van der Waals surface area contributed by atoms with E-state index in [2.05, 4.69) is 38.1 Å². The molecule has 3 rings (SSSR count). The van der Waals surface area contributed by atoms with Gasteiger partial charge in [-0.3, -0.25) is 4.79 Å². The average molecular weight is 294 g/mol. The zero-order valence-electron chi connectivity index (χ0n) is 13.2. The van der Waals surface area contributed by atoms with Crippen LogP contribution in [0.3, 0.4) is 0 Å². The number of rotatable bonds is 4. The first-order valence-corrected chi connectivity index (χ1v) is 7.91. The van der Waals surface area contributed by atoms with Gasteiger partial charge in [-0.15, -0.1) is 0 Å². The summed E-state index contributed by atoms with van der Waals surface area (Å²) in [7, 11) is 0. The number of benzene rings is 2. The smallest absolute Gasteiger partial charge is 0.314 e. The monoisotopic (exact) mass is 294 g/mol. The summed E-state index contributed by atoms with van der Waals surface area (Å²) >= 11 is 0. The van der Waals surface area contributed by atoms with Crippen molar-refractivity contribution in [2.75, 3.05) is 0 Å². The van der Waals surface area contributed by atoms with Crippen molar-refractivity contribution in [3.63, 3.8) is 0 Å². The van der Waals surface area contributed by atoms with Crippen molar-refractivity contribution in [2.24, 2.45) is 0 Å². The Bertz CT molecular complexity index is 717. The lowest BCUT2D eigenvalue weighted by Crippen LogP contribution is -2.34. The molecule has 0 radical (unpaired) electrons. The Balaban J connectivity index is 1.90. The molecule has 0 fully saturated rings. The first-order chi connectivity index (χ1) is 10.5. The van der Waals surface area contributed by atoms with Crippen LogP contribution in [-0.2, 0) is 23.1 Å². The number of aryl methyl sites for hydroxylation is 4. The third-order valence-electron chi connectivity index (χ3n) is 5.08. The van der Waals surface area contributed by atoms with E-state index < -0.39 is 11.4 Å². The molecule has 0 aromatic heterocycles. The summed E-state index contributed by atoms with van der Waals surface area (Å²) in [5.74, 6) is -0.679. The van der Waals surface area contributed by atoms with Gasteiger partial charge in [0.1, 0.15) is 0 Å². The van der Waals surface area contributed by atoms with Gasteiger partial charge in [0, 0.05) is 0 Å². The molecule has 2 heteroatoms. The van der Waals surface area contributed by atoms with E-state index in [9.17, 15) is 9.90 Å². The number of carboxylic acids is 1. The summed E-state index contributed by atoms with van der Waals surface area (Å²) in [4.78, 5) is 12.0. The highest BCUT2D eigenvalue weighted by Gasteiger charge is 2.44. The lowest BCUT2D eigenvalue weighted by Gasteiger charge is -2.26. The lowest BCUT2D eigenvalue weighted by molar-refractivity contribution is -0.144. The molecule has 0 saturated carbocycles. The second kappa shape index (κ2) is 5.60. The van der Waals surface area contributed by atoms with Crippen LogP contribution in [-0.4, -0.2) is 11.1 Å². The fourth-order valence-electron chi connectivity index (χ4n) is 3.75. The molecule has 1 aliphatic carbocycles. The third kappa shape index (κ3) is 2.43. The standard InChI is InChI=1S/C20H22O2/c1-14-7-8-16(15(2)13-14)9-11-20(19(21)22)12-10-17-5-3-4-6-18(17)20/h3-8,13H,9-12H2,1-2H3,(H,21,22). The van der Waals surface area contributed by atoms with Crippen molar-refractivity contribution in [2.45, 2.75) is 44.9 Å². The second-order valence-corrected chi connectivity index (χ2v) is 6.47. The number of hydrogen-bond donors (Lipinski definition) is 1. The summed E-state index contributed by atoms with van der Waals surface area (Å²) in [6.45, 7) is 4.20. The van der Waals surface area contributed by atoms with Gasteiger partial charge in [0.25, 0.3) is 0 Å². The maximum Gasteiger partial charge on any atom is 0.314 e. The zero-order valence-corrected chi connectivity index (χ0v) is 13.2. The Hall–Kier alpha value is -2.09. The van der Waals surface area contributed by atoms with E-state index in [1.165, 1.54) is 22.3 Å². The van der Waals surface area contributed by atoms with Crippen molar-refractivity contribution in [3.8, 4) is 0 Å². The van der Waals surface area contributed by atoms with E-state index >= 15 is 0 Å². The Kier molecular flexibility index (Phi) is 3.78. The van der Waals surface area contributed by atoms with Gasteiger partial charge in [-0.2, -0.15) is 0 Å². The molecule has 0 spiro atoms. The molecular formula is C20H22O2. The van der Waals surface area contributed by atoms with Gasteiger partial charge in [0.15, 0.2) is 0 Å². The predicted octanol–water partition coefficient (Wildman–Crippen LogP) is 4.20. The summed E-state index contributed by atoms with van der Waals surface area (Å²) in [5, 5.41) is 9.90. The Labute approximate surface area is 131 Å². The van der Waals surface area contributed by atoms with Crippen LogP contribution >= 0.6 is 0 Å². The number of carboxylic acid groups (broad SMARTS) is 1. The van der Waals surface area contributed by atoms with Gasteiger partial charge in [-0.05, 0) is 61.8 Å². The van der Waals surface area contributed by atoms with E-state index in [4.69, 9.17) is 0 Å². The summed E-state index contributed by atoms with van der Waals surface area (Å²) in [5.41, 5.74) is 5.27. The van der Waals surface area contributed by atoms with Crippen LogP contribution in [0.4, 0.5) is 0 Å². The first kappa shape index (κ1) is 14.8. The van der Waals surface area contributed by atoms with Crippen LogP contribution in [0.25, 0.3) is 0 Å². The average Bonchev–Trinajstić information content (AvgIpc) is 2.87.